The Kier molecular flexibility index (Phi) is 5.27. The van der Waals surface area contributed by atoms with Crippen molar-refractivity contribution in [3.05, 3.63) is 107 Å². The molecular formula is C27H20N6OS. The number of fused-ring (bicyclic) bond motifs is 2. The third kappa shape index (κ3) is 3.74. The van der Waals surface area contributed by atoms with E-state index in [0.717, 1.165) is 38.2 Å². The first-order chi connectivity index (χ1) is 17.2. The van der Waals surface area contributed by atoms with Gasteiger partial charge in [0.25, 0.3) is 5.56 Å². The van der Waals surface area contributed by atoms with Crippen LogP contribution >= 0.6 is 11.3 Å². The summed E-state index contributed by atoms with van der Waals surface area (Å²) in [6.45, 7) is 2.02. The van der Waals surface area contributed by atoms with E-state index in [4.69, 9.17) is 0 Å². The predicted octanol–water partition coefficient (Wildman–Crippen LogP) is 5.63. The van der Waals surface area contributed by atoms with Gasteiger partial charge >= 0.3 is 0 Å². The van der Waals surface area contributed by atoms with Gasteiger partial charge in [-0.05, 0) is 42.1 Å². The molecule has 0 saturated carbocycles. The Morgan fingerprint density at radius 1 is 0.971 bits per heavy atom. The second kappa shape index (κ2) is 8.73. The standard InChI is InChI=1S/C27H20N6OS/c1-17(32-25-24-26(30-15-29-25)35-16-31-24)22-13-18-7-5-11-21(19-8-6-12-28-14-19)23(18)27(34)33(22)20-9-3-2-4-10-20/h2-17H,1H3,(H,29,30,32)/t17-/m0/s1. The summed E-state index contributed by atoms with van der Waals surface area (Å²) in [7, 11) is 0. The van der Waals surface area contributed by atoms with Gasteiger partial charge in [0.2, 0.25) is 0 Å². The molecule has 170 valence electrons. The third-order valence-corrected chi connectivity index (χ3v) is 6.73. The zero-order valence-electron chi connectivity index (χ0n) is 18.8. The molecule has 1 N–H and O–H groups in total. The minimum absolute atomic E-state index is 0.0849. The van der Waals surface area contributed by atoms with Crippen LogP contribution < -0.4 is 10.9 Å². The van der Waals surface area contributed by atoms with E-state index in [9.17, 15) is 4.79 Å². The van der Waals surface area contributed by atoms with Crippen molar-refractivity contribution in [2.45, 2.75) is 13.0 Å². The number of hydrogen-bond acceptors (Lipinski definition) is 7. The number of aromatic nitrogens is 5. The van der Waals surface area contributed by atoms with Crippen molar-refractivity contribution in [3.63, 3.8) is 0 Å². The molecule has 8 heteroatoms. The zero-order valence-corrected chi connectivity index (χ0v) is 19.6. The molecule has 2 aromatic carbocycles. The Hall–Kier alpha value is -4.43. The van der Waals surface area contributed by atoms with E-state index in [-0.39, 0.29) is 11.6 Å². The lowest BCUT2D eigenvalue weighted by atomic mass is 9.99. The second-order valence-electron chi connectivity index (χ2n) is 8.15. The van der Waals surface area contributed by atoms with E-state index in [2.05, 4.69) is 31.3 Å². The van der Waals surface area contributed by atoms with Crippen LogP contribution in [0.25, 0.3) is 37.9 Å². The molecule has 4 aromatic heterocycles. The lowest BCUT2D eigenvalue weighted by molar-refractivity contribution is 0.774. The van der Waals surface area contributed by atoms with E-state index in [1.807, 2.05) is 67.6 Å². The number of nitrogens with one attached hydrogen (secondary N) is 1. The highest BCUT2D eigenvalue weighted by molar-refractivity contribution is 7.16. The van der Waals surface area contributed by atoms with Crippen molar-refractivity contribution < 1.29 is 0 Å². The highest BCUT2D eigenvalue weighted by Crippen LogP contribution is 2.30. The van der Waals surface area contributed by atoms with Crippen LogP contribution in [0.5, 0.6) is 0 Å². The van der Waals surface area contributed by atoms with Crippen molar-refractivity contribution in [1.82, 2.24) is 24.5 Å². The molecule has 0 saturated heterocycles. The number of thiazole rings is 1. The summed E-state index contributed by atoms with van der Waals surface area (Å²) in [5.74, 6) is 0.639. The highest BCUT2D eigenvalue weighted by atomic mass is 32.1. The molecule has 6 aromatic rings. The maximum atomic E-state index is 14.2. The number of hydrogen-bond donors (Lipinski definition) is 1. The Balaban J connectivity index is 1.58. The fourth-order valence-electron chi connectivity index (χ4n) is 4.39. The molecule has 6 rings (SSSR count). The maximum Gasteiger partial charge on any atom is 0.263 e. The third-order valence-electron chi connectivity index (χ3n) is 5.99. The number of nitrogens with zero attached hydrogens (tertiary/aromatic N) is 5. The summed E-state index contributed by atoms with van der Waals surface area (Å²) >= 11 is 1.47. The predicted molar refractivity (Wildman–Crippen MR) is 140 cm³/mol. The molecule has 0 aliphatic carbocycles. The Morgan fingerprint density at radius 3 is 2.69 bits per heavy atom. The fraction of sp³-hybridized carbons (Fsp3) is 0.0741. The number of rotatable bonds is 5. The molecule has 35 heavy (non-hydrogen) atoms. The summed E-state index contributed by atoms with van der Waals surface area (Å²) in [5.41, 5.74) is 5.77. The van der Waals surface area contributed by atoms with E-state index in [0.29, 0.717) is 11.2 Å². The summed E-state index contributed by atoms with van der Waals surface area (Å²) in [6, 6.07) is 21.3. The highest BCUT2D eigenvalue weighted by Gasteiger charge is 2.20. The summed E-state index contributed by atoms with van der Waals surface area (Å²) < 4.78 is 1.78. The van der Waals surface area contributed by atoms with Gasteiger partial charge in [0.1, 0.15) is 16.7 Å². The van der Waals surface area contributed by atoms with Crippen LogP contribution in [0, 0.1) is 0 Å². The maximum absolute atomic E-state index is 14.2. The van der Waals surface area contributed by atoms with Crippen LogP contribution in [0.4, 0.5) is 5.82 Å². The van der Waals surface area contributed by atoms with Gasteiger partial charge in [-0.3, -0.25) is 14.3 Å². The van der Waals surface area contributed by atoms with Crippen LogP contribution in [-0.2, 0) is 0 Å². The smallest absolute Gasteiger partial charge is 0.263 e. The Bertz CT molecular complexity index is 1710. The molecule has 0 unspecified atom stereocenters. The topological polar surface area (TPSA) is 85.6 Å². The normalized spacial score (nSPS) is 12.1. The van der Waals surface area contributed by atoms with Crippen molar-refractivity contribution in [2.75, 3.05) is 5.32 Å². The molecule has 0 fully saturated rings. The minimum Gasteiger partial charge on any atom is -0.360 e. The van der Waals surface area contributed by atoms with Crippen molar-refractivity contribution >= 4 is 38.3 Å². The molecule has 0 spiro atoms. The minimum atomic E-state index is -0.242. The molecule has 0 aliphatic rings. The van der Waals surface area contributed by atoms with Crippen LogP contribution in [0.15, 0.2) is 95.8 Å². The number of para-hydroxylation sites is 1. The first-order valence-corrected chi connectivity index (χ1v) is 12.0. The van der Waals surface area contributed by atoms with Gasteiger partial charge in [0.15, 0.2) is 5.82 Å². The van der Waals surface area contributed by atoms with E-state index in [1.165, 1.54) is 17.7 Å². The number of anilines is 1. The van der Waals surface area contributed by atoms with E-state index in [1.54, 1.807) is 22.5 Å². The first-order valence-electron chi connectivity index (χ1n) is 11.2. The second-order valence-corrected chi connectivity index (χ2v) is 8.98. The number of pyridine rings is 2. The lowest BCUT2D eigenvalue weighted by Crippen LogP contribution is -2.26. The molecule has 7 nitrogen and oxygen atoms in total. The van der Waals surface area contributed by atoms with E-state index >= 15 is 0 Å². The molecule has 0 bridgehead atoms. The monoisotopic (exact) mass is 476 g/mol. The molecular weight excluding hydrogens is 456 g/mol. The molecule has 1 atom stereocenters. The zero-order chi connectivity index (χ0) is 23.8. The molecule has 4 heterocycles. The summed E-state index contributed by atoms with van der Waals surface area (Å²) in [6.07, 6.45) is 5.04. The Labute approximate surface area is 204 Å². The first kappa shape index (κ1) is 21.1. The summed E-state index contributed by atoms with van der Waals surface area (Å²) in [5, 5.41) is 4.98. The molecule has 0 radical (unpaired) electrons. The van der Waals surface area contributed by atoms with Crippen molar-refractivity contribution in [1.29, 1.82) is 0 Å². The fourth-order valence-corrected chi connectivity index (χ4v) is 5.01. The summed E-state index contributed by atoms with van der Waals surface area (Å²) in [4.78, 5) is 32.3. The Morgan fingerprint density at radius 2 is 1.86 bits per heavy atom. The number of benzene rings is 2. The SMILES string of the molecule is C[C@H](Nc1ncnc2scnc12)c1cc2cccc(-c3cccnc3)c2c(=O)n1-c1ccccc1. The lowest BCUT2D eigenvalue weighted by Gasteiger charge is -2.22. The van der Waals surface area contributed by atoms with Gasteiger partial charge in [0.05, 0.1) is 16.9 Å². The van der Waals surface area contributed by atoms with Crippen molar-refractivity contribution in [2.24, 2.45) is 0 Å². The van der Waals surface area contributed by atoms with Crippen LogP contribution in [0.3, 0.4) is 0 Å². The van der Waals surface area contributed by atoms with Gasteiger partial charge in [-0.2, -0.15) is 0 Å². The van der Waals surface area contributed by atoms with Crippen LogP contribution in [0.1, 0.15) is 18.7 Å². The van der Waals surface area contributed by atoms with Crippen molar-refractivity contribution in [3.8, 4) is 16.8 Å². The van der Waals surface area contributed by atoms with Gasteiger partial charge in [-0.1, -0.05) is 42.5 Å². The average molecular weight is 477 g/mol. The average Bonchev–Trinajstić information content (AvgIpc) is 3.39. The van der Waals surface area contributed by atoms with E-state index < -0.39 is 0 Å². The largest absolute Gasteiger partial charge is 0.360 e. The van der Waals surface area contributed by atoms with Gasteiger partial charge in [-0.25, -0.2) is 15.0 Å². The molecule has 0 amide bonds. The molecule has 0 aliphatic heterocycles. The van der Waals surface area contributed by atoms with Gasteiger partial charge in [0, 0.05) is 29.3 Å². The van der Waals surface area contributed by atoms with Crippen LogP contribution in [0.2, 0.25) is 0 Å². The van der Waals surface area contributed by atoms with Crippen LogP contribution in [-0.4, -0.2) is 24.5 Å². The van der Waals surface area contributed by atoms with Gasteiger partial charge in [-0.15, -0.1) is 11.3 Å². The van der Waals surface area contributed by atoms with Gasteiger partial charge < -0.3 is 5.32 Å². The quantitative estimate of drug-likeness (QED) is 0.347.